The molecule has 4 heteroatoms. The minimum atomic E-state index is -0.654. The molecule has 1 aromatic heterocycles. The van der Waals surface area contributed by atoms with Crippen molar-refractivity contribution in [2.45, 2.75) is 18.4 Å². The molecule has 0 saturated heterocycles. The van der Waals surface area contributed by atoms with Crippen molar-refractivity contribution in [2.75, 3.05) is 5.73 Å². The van der Waals surface area contributed by atoms with Gasteiger partial charge in [0.25, 0.3) is 0 Å². The summed E-state index contributed by atoms with van der Waals surface area (Å²) in [6.07, 6.45) is 3.40. The zero-order valence-electron chi connectivity index (χ0n) is 9.72. The molecule has 0 bridgehead atoms. The Kier molecular flexibility index (Phi) is 2.03. The molecule has 88 valence electrons. The van der Waals surface area contributed by atoms with E-state index in [4.69, 9.17) is 5.73 Å². The second kappa shape index (κ2) is 3.34. The molecule has 2 aromatic rings. The van der Waals surface area contributed by atoms with Gasteiger partial charge in [0.2, 0.25) is 0 Å². The first-order valence-corrected chi connectivity index (χ1v) is 5.71. The summed E-state index contributed by atoms with van der Waals surface area (Å²) >= 11 is 0. The van der Waals surface area contributed by atoms with E-state index in [2.05, 4.69) is 5.10 Å². The Bertz CT molecular complexity index is 570. The Balaban J connectivity index is 2.18. The average Bonchev–Trinajstić information content (AvgIpc) is 3.00. The first-order chi connectivity index (χ1) is 8.12. The Hall–Kier alpha value is -1.81. The molecule has 0 unspecified atom stereocenters. The van der Waals surface area contributed by atoms with Crippen molar-refractivity contribution in [2.24, 2.45) is 7.05 Å². The maximum atomic E-state index is 10.3. The van der Waals surface area contributed by atoms with Crippen LogP contribution in [0.1, 0.15) is 18.4 Å². The summed E-state index contributed by atoms with van der Waals surface area (Å²) in [7, 11) is 1.81. The fourth-order valence-electron chi connectivity index (χ4n) is 2.17. The van der Waals surface area contributed by atoms with E-state index in [1.54, 1.807) is 10.9 Å². The summed E-state index contributed by atoms with van der Waals surface area (Å²) in [5.74, 6) is 0.627. The number of benzene rings is 1. The summed E-state index contributed by atoms with van der Waals surface area (Å²) < 4.78 is 1.64. The number of hydrogen-bond donors (Lipinski definition) is 2. The highest BCUT2D eigenvalue weighted by Gasteiger charge is 2.43. The van der Waals surface area contributed by atoms with Gasteiger partial charge >= 0.3 is 0 Å². The standard InChI is InChI=1S/C13H15N3O/c1-16-12(14)10(8-15-16)9-4-2-3-5-11(9)13(17)6-7-13/h2-5,8,17H,6-7,14H2,1H3. The molecule has 0 radical (unpaired) electrons. The lowest BCUT2D eigenvalue weighted by atomic mass is 9.96. The summed E-state index contributed by atoms with van der Waals surface area (Å²) in [4.78, 5) is 0. The van der Waals surface area contributed by atoms with Crippen LogP contribution in [0.5, 0.6) is 0 Å². The van der Waals surface area contributed by atoms with Crippen LogP contribution in [0, 0.1) is 0 Å². The second-order valence-electron chi connectivity index (χ2n) is 4.64. The van der Waals surface area contributed by atoms with Gasteiger partial charge in [-0.25, -0.2) is 0 Å². The van der Waals surface area contributed by atoms with E-state index >= 15 is 0 Å². The molecular formula is C13H15N3O. The van der Waals surface area contributed by atoms with Crippen molar-refractivity contribution in [3.05, 3.63) is 36.0 Å². The van der Waals surface area contributed by atoms with Gasteiger partial charge in [-0.05, 0) is 24.0 Å². The van der Waals surface area contributed by atoms with Crippen LogP contribution in [0.15, 0.2) is 30.5 Å². The molecule has 1 fully saturated rings. The van der Waals surface area contributed by atoms with Gasteiger partial charge in [0.05, 0.1) is 11.8 Å². The van der Waals surface area contributed by atoms with Gasteiger partial charge in [-0.15, -0.1) is 0 Å². The van der Waals surface area contributed by atoms with Crippen LogP contribution in [0.4, 0.5) is 5.82 Å². The second-order valence-corrected chi connectivity index (χ2v) is 4.64. The molecular weight excluding hydrogens is 214 g/mol. The third-order valence-electron chi connectivity index (χ3n) is 3.43. The first kappa shape index (κ1) is 10.4. The van der Waals surface area contributed by atoms with Crippen molar-refractivity contribution < 1.29 is 5.11 Å². The molecule has 1 aromatic carbocycles. The summed E-state index contributed by atoms with van der Waals surface area (Å²) in [6.45, 7) is 0. The van der Waals surface area contributed by atoms with E-state index < -0.39 is 5.60 Å². The van der Waals surface area contributed by atoms with Crippen LogP contribution in [-0.2, 0) is 12.6 Å². The van der Waals surface area contributed by atoms with Gasteiger partial charge in [-0.2, -0.15) is 5.10 Å². The maximum absolute atomic E-state index is 10.3. The number of aromatic nitrogens is 2. The van der Waals surface area contributed by atoms with Gasteiger partial charge in [0, 0.05) is 12.6 Å². The molecule has 0 atom stereocenters. The monoisotopic (exact) mass is 229 g/mol. The fourth-order valence-corrected chi connectivity index (χ4v) is 2.17. The highest BCUT2D eigenvalue weighted by atomic mass is 16.3. The number of hydrogen-bond acceptors (Lipinski definition) is 3. The Morgan fingerprint density at radius 3 is 2.59 bits per heavy atom. The molecule has 0 aliphatic heterocycles. The van der Waals surface area contributed by atoms with E-state index in [1.807, 2.05) is 31.3 Å². The third kappa shape index (κ3) is 1.52. The van der Waals surface area contributed by atoms with Crippen molar-refractivity contribution in [1.29, 1.82) is 0 Å². The quantitative estimate of drug-likeness (QED) is 0.823. The van der Waals surface area contributed by atoms with Crippen LogP contribution in [0.3, 0.4) is 0 Å². The molecule has 1 saturated carbocycles. The molecule has 4 nitrogen and oxygen atoms in total. The number of nitrogen functional groups attached to an aromatic ring is 1. The van der Waals surface area contributed by atoms with E-state index in [9.17, 15) is 5.11 Å². The topological polar surface area (TPSA) is 64.1 Å². The molecule has 17 heavy (non-hydrogen) atoms. The van der Waals surface area contributed by atoms with Crippen LogP contribution >= 0.6 is 0 Å². The number of aryl methyl sites for hydroxylation is 1. The highest BCUT2D eigenvalue weighted by molar-refractivity contribution is 5.77. The minimum absolute atomic E-state index is 0.627. The molecule has 1 heterocycles. The zero-order chi connectivity index (χ0) is 12.0. The summed E-state index contributed by atoms with van der Waals surface area (Å²) in [5.41, 5.74) is 8.17. The zero-order valence-corrected chi connectivity index (χ0v) is 9.72. The van der Waals surface area contributed by atoms with E-state index in [0.29, 0.717) is 5.82 Å². The van der Waals surface area contributed by atoms with Gasteiger partial charge in [-0.3, -0.25) is 4.68 Å². The van der Waals surface area contributed by atoms with Crippen LogP contribution in [0.2, 0.25) is 0 Å². The smallest absolute Gasteiger partial charge is 0.129 e. The van der Waals surface area contributed by atoms with Gasteiger partial charge in [0.15, 0.2) is 0 Å². The third-order valence-corrected chi connectivity index (χ3v) is 3.43. The molecule has 1 aliphatic rings. The van der Waals surface area contributed by atoms with Crippen LogP contribution in [-0.4, -0.2) is 14.9 Å². The normalized spacial score (nSPS) is 17.1. The lowest BCUT2D eigenvalue weighted by Gasteiger charge is -2.13. The molecule has 0 amide bonds. The Morgan fingerprint density at radius 1 is 1.29 bits per heavy atom. The van der Waals surface area contributed by atoms with Gasteiger partial charge in [0.1, 0.15) is 5.82 Å². The van der Waals surface area contributed by atoms with Crippen molar-refractivity contribution >= 4 is 5.82 Å². The predicted octanol–water partition coefficient (Wildman–Crippen LogP) is 1.65. The molecule has 0 spiro atoms. The van der Waals surface area contributed by atoms with Gasteiger partial charge < -0.3 is 10.8 Å². The first-order valence-electron chi connectivity index (χ1n) is 5.71. The van der Waals surface area contributed by atoms with Crippen LogP contribution < -0.4 is 5.73 Å². The Labute approximate surface area is 99.7 Å². The van der Waals surface area contributed by atoms with E-state index in [-0.39, 0.29) is 0 Å². The van der Waals surface area contributed by atoms with Gasteiger partial charge in [-0.1, -0.05) is 24.3 Å². The number of nitrogens with two attached hydrogens (primary N) is 1. The predicted molar refractivity (Wildman–Crippen MR) is 66.2 cm³/mol. The molecule has 3 N–H and O–H groups in total. The van der Waals surface area contributed by atoms with E-state index in [1.165, 1.54) is 0 Å². The SMILES string of the molecule is Cn1ncc(-c2ccccc2C2(O)CC2)c1N. The van der Waals surface area contributed by atoms with Crippen molar-refractivity contribution in [3.8, 4) is 11.1 Å². The van der Waals surface area contributed by atoms with E-state index in [0.717, 1.165) is 29.5 Å². The largest absolute Gasteiger partial charge is 0.385 e. The average molecular weight is 229 g/mol. The fraction of sp³-hybridized carbons (Fsp3) is 0.308. The maximum Gasteiger partial charge on any atom is 0.129 e. The number of aliphatic hydroxyl groups is 1. The molecule has 1 aliphatic carbocycles. The van der Waals surface area contributed by atoms with Crippen molar-refractivity contribution in [1.82, 2.24) is 9.78 Å². The highest BCUT2D eigenvalue weighted by Crippen LogP contribution is 2.49. The lowest BCUT2D eigenvalue weighted by molar-refractivity contribution is 0.152. The van der Waals surface area contributed by atoms with Crippen LogP contribution in [0.25, 0.3) is 11.1 Å². The number of anilines is 1. The summed E-state index contributed by atoms with van der Waals surface area (Å²) in [6, 6.07) is 7.85. The van der Waals surface area contributed by atoms with Crippen molar-refractivity contribution in [3.63, 3.8) is 0 Å². The summed E-state index contributed by atoms with van der Waals surface area (Å²) in [5, 5.41) is 14.4. The Morgan fingerprint density at radius 2 is 2.00 bits per heavy atom. The lowest BCUT2D eigenvalue weighted by Crippen LogP contribution is -2.06. The minimum Gasteiger partial charge on any atom is -0.385 e. The number of rotatable bonds is 2. The molecule has 3 rings (SSSR count). The number of nitrogens with zero attached hydrogens (tertiary/aromatic N) is 2.